The standard InChI is InChI=1S/C15H14F3IN2O3S/c16-10-3-5-13(21-25(23,24)7-1-6-22)15(14(10)18)20-12-4-2-9(19)8-11(12)17/h2-5,8,20-22H,1,6-7H2. The highest BCUT2D eigenvalue weighted by atomic mass is 127. The minimum atomic E-state index is -3.89. The molecule has 0 unspecified atom stereocenters. The van der Waals surface area contributed by atoms with Gasteiger partial charge in [-0.3, -0.25) is 4.72 Å². The zero-order chi connectivity index (χ0) is 18.6. The molecule has 0 atom stereocenters. The van der Waals surface area contributed by atoms with Crippen molar-refractivity contribution in [2.75, 3.05) is 22.4 Å². The van der Waals surface area contributed by atoms with Gasteiger partial charge in [-0.1, -0.05) is 0 Å². The second kappa shape index (κ2) is 8.23. The minimum absolute atomic E-state index is 0.0203. The van der Waals surface area contributed by atoms with E-state index in [2.05, 4.69) is 10.0 Å². The maximum atomic E-state index is 14.1. The smallest absolute Gasteiger partial charge is 0.232 e. The van der Waals surface area contributed by atoms with Crippen LogP contribution in [0.1, 0.15) is 6.42 Å². The lowest BCUT2D eigenvalue weighted by molar-refractivity contribution is 0.295. The lowest BCUT2D eigenvalue weighted by Crippen LogP contribution is -2.18. The lowest BCUT2D eigenvalue weighted by Gasteiger charge is -2.16. The Morgan fingerprint density at radius 2 is 1.72 bits per heavy atom. The fraction of sp³-hybridized carbons (Fsp3) is 0.200. The van der Waals surface area contributed by atoms with Gasteiger partial charge in [-0.15, -0.1) is 0 Å². The van der Waals surface area contributed by atoms with E-state index < -0.39 is 38.9 Å². The number of hydrogen-bond donors (Lipinski definition) is 3. The molecule has 10 heteroatoms. The van der Waals surface area contributed by atoms with E-state index in [0.29, 0.717) is 3.57 Å². The Morgan fingerprint density at radius 1 is 1.04 bits per heavy atom. The van der Waals surface area contributed by atoms with Gasteiger partial charge in [-0.05, 0) is 59.3 Å². The third-order valence-corrected chi connectivity index (χ3v) is 5.15. The van der Waals surface area contributed by atoms with Crippen LogP contribution in [0.3, 0.4) is 0 Å². The van der Waals surface area contributed by atoms with E-state index in [1.165, 1.54) is 12.1 Å². The van der Waals surface area contributed by atoms with Crippen molar-refractivity contribution in [3.8, 4) is 0 Å². The van der Waals surface area contributed by atoms with Gasteiger partial charge in [0.05, 0.1) is 17.1 Å². The zero-order valence-electron chi connectivity index (χ0n) is 12.7. The van der Waals surface area contributed by atoms with Gasteiger partial charge >= 0.3 is 0 Å². The summed E-state index contributed by atoms with van der Waals surface area (Å²) in [6.45, 7) is -0.336. The molecule has 0 radical (unpaired) electrons. The molecule has 0 aliphatic rings. The fourth-order valence-corrected chi connectivity index (χ4v) is 3.53. The van der Waals surface area contributed by atoms with Crippen molar-refractivity contribution in [1.82, 2.24) is 0 Å². The lowest BCUT2D eigenvalue weighted by atomic mass is 10.2. The molecular weight excluding hydrogens is 472 g/mol. The summed E-state index contributed by atoms with van der Waals surface area (Å²) in [5, 5.41) is 11.1. The van der Waals surface area contributed by atoms with Crippen LogP contribution in [0.5, 0.6) is 0 Å². The SMILES string of the molecule is O=S(=O)(CCCO)Nc1ccc(F)c(F)c1Nc1ccc(I)cc1F. The Balaban J connectivity index is 2.40. The Kier molecular flexibility index (Phi) is 6.52. The highest BCUT2D eigenvalue weighted by Crippen LogP contribution is 2.32. The largest absolute Gasteiger partial charge is 0.396 e. The predicted octanol–water partition coefficient (Wildman–Crippen LogP) is 3.58. The van der Waals surface area contributed by atoms with Gasteiger partial charge in [0.2, 0.25) is 10.0 Å². The summed E-state index contributed by atoms with van der Waals surface area (Å²) in [5.74, 6) is -3.67. The van der Waals surface area contributed by atoms with Gasteiger partial charge in [0.1, 0.15) is 11.5 Å². The first-order valence-corrected chi connectivity index (χ1v) is 9.78. The third kappa shape index (κ3) is 5.22. The van der Waals surface area contributed by atoms with Crippen LogP contribution in [-0.2, 0) is 10.0 Å². The first kappa shape index (κ1) is 19.8. The molecule has 0 saturated carbocycles. The van der Waals surface area contributed by atoms with Gasteiger partial charge < -0.3 is 10.4 Å². The molecule has 0 aliphatic heterocycles. The Hall–Kier alpha value is -1.53. The van der Waals surface area contributed by atoms with Crippen molar-refractivity contribution in [2.24, 2.45) is 0 Å². The summed E-state index contributed by atoms with van der Waals surface area (Å²) < 4.78 is 68.2. The van der Waals surface area contributed by atoms with E-state index in [1.807, 2.05) is 22.6 Å². The van der Waals surface area contributed by atoms with Crippen LogP contribution in [0.15, 0.2) is 30.3 Å². The van der Waals surface area contributed by atoms with Gasteiger partial charge in [-0.25, -0.2) is 21.6 Å². The highest BCUT2D eigenvalue weighted by molar-refractivity contribution is 14.1. The van der Waals surface area contributed by atoms with Crippen LogP contribution in [0.25, 0.3) is 0 Å². The van der Waals surface area contributed by atoms with E-state index in [9.17, 15) is 21.6 Å². The number of anilines is 3. The van der Waals surface area contributed by atoms with Crippen molar-refractivity contribution in [2.45, 2.75) is 6.42 Å². The number of benzene rings is 2. The van der Waals surface area contributed by atoms with E-state index in [-0.39, 0.29) is 24.4 Å². The van der Waals surface area contributed by atoms with Crippen LogP contribution in [0.4, 0.5) is 30.2 Å². The normalized spacial score (nSPS) is 11.4. The monoisotopic (exact) mass is 486 g/mol. The highest BCUT2D eigenvalue weighted by Gasteiger charge is 2.19. The molecule has 0 aromatic heterocycles. The molecule has 0 aliphatic carbocycles. The molecule has 0 heterocycles. The Morgan fingerprint density at radius 3 is 2.36 bits per heavy atom. The molecule has 0 spiro atoms. The quantitative estimate of drug-likeness (QED) is 0.524. The molecule has 0 bridgehead atoms. The van der Waals surface area contributed by atoms with Crippen molar-refractivity contribution < 1.29 is 26.7 Å². The molecule has 0 amide bonds. The molecule has 5 nitrogen and oxygen atoms in total. The molecule has 2 rings (SSSR count). The molecule has 136 valence electrons. The maximum Gasteiger partial charge on any atom is 0.232 e. The zero-order valence-corrected chi connectivity index (χ0v) is 15.7. The Labute approximate surface area is 156 Å². The summed E-state index contributed by atoms with van der Waals surface area (Å²) in [6, 6.07) is 5.85. The molecule has 0 fully saturated rings. The van der Waals surface area contributed by atoms with E-state index in [1.54, 1.807) is 6.07 Å². The number of rotatable bonds is 7. The second-order valence-corrected chi connectivity index (χ2v) is 8.12. The van der Waals surface area contributed by atoms with Crippen molar-refractivity contribution in [3.63, 3.8) is 0 Å². The van der Waals surface area contributed by atoms with Crippen LogP contribution in [0, 0.1) is 21.0 Å². The first-order chi connectivity index (χ1) is 11.7. The number of sulfonamides is 1. The number of aliphatic hydroxyl groups excluding tert-OH is 1. The van der Waals surface area contributed by atoms with Crippen molar-refractivity contribution in [1.29, 1.82) is 0 Å². The predicted molar refractivity (Wildman–Crippen MR) is 97.9 cm³/mol. The second-order valence-electron chi connectivity index (χ2n) is 5.03. The number of nitrogens with one attached hydrogen (secondary N) is 2. The van der Waals surface area contributed by atoms with Gasteiger partial charge in [0.25, 0.3) is 0 Å². The first-order valence-electron chi connectivity index (χ1n) is 7.05. The van der Waals surface area contributed by atoms with E-state index >= 15 is 0 Å². The van der Waals surface area contributed by atoms with Crippen LogP contribution in [0.2, 0.25) is 0 Å². The average molecular weight is 486 g/mol. The average Bonchev–Trinajstić information content (AvgIpc) is 2.54. The van der Waals surface area contributed by atoms with Crippen LogP contribution < -0.4 is 10.0 Å². The number of hydrogen-bond acceptors (Lipinski definition) is 4. The molecule has 2 aromatic rings. The molecule has 3 N–H and O–H groups in total. The Bertz CT molecular complexity index is 879. The van der Waals surface area contributed by atoms with Crippen LogP contribution in [-0.4, -0.2) is 25.9 Å². The van der Waals surface area contributed by atoms with Crippen molar-refractivity contribution >= 4 is 49.7 Å². The fourth-order valence-electron chi connectivity index (χ4n) is 1.96. The summed E-state index contributed by atoms with van der Waals surface area (Å²) in [5.41, 5.74) is -0.941. The van der Waals surface area contributed by atoms with Crippen LogP contribution >= 0.6 is 22.6 Å². The third-order valence-electron chi connectivity index (χ3n) is 3.12. The molecule has 25 heavy (non-hydrogen) atoms. The van der Waals surface area contributed by atoms with E-state index in [4.69, 9.17) is 5.11 Å². The van der Waals surface area contributed by atoms with Gasteiger partial charge in [0.15, 0.2) is 11.6 Å². The summed E-state index contributed by atoms with van der Waals surface area (Å²) in [6.07, 6.45) is -0.0203. The molecule has 0 saturated heterocycles. The summed E-state index contributed by atoms with van der Waals surface area (Å²) >= 11 is 1.89. The summed E-state index contributed by atoms with van der Waals surface area (Å²) in [7, 11) is -3.89. The van der Waals surface area contributed by atoms with Gasteiger partial charge in [-0.2, -0.15) is 0 Å². The summed E-state index contributed by atoms with van der Waals surface area (Å²) in [4.78, 5) is 0. The van der Waals surface area contributed by atoms with E-state index in [0.717, 1.165) is 12.1 Å². The minimum Gasteiger partial charge on any atom is -0.396 e. The maximum absolute atomic E-state index is 14.1. The number of aliphatic hydroxyl groups is 1. The van der Waals surface area contributed by atoms with Gasteiger partial charge in [0, 0.05) is 10.2 Å². The molecular formula is C15H14F3IN2O3S. The van der Waals surface area contributed by atoms with Crippen molar-refractivity contribution in [3.05, 3.63) is 51.4 Å². The number of halogens is 4. The topological polar surface area (TPSA) is 78.4 Å². The molecule has 2 aromatic carbocycles.